The molecule has 1 saturated carbocycles. The van der Waals surface area contributed by atoms with Crippen molar-refractivity contribution >= 4 is 5.91 Å². The standard InChI is InChI=1S/C13H21NO2/c15-11-10-12(4-2-1-3-5-12)13(14-11)6-8-16-9-7-13/h1-10H2,(H,14,15). The van der Waals surface area contributed by atoms with Gasteiger partial charge < -0.3 is 10.1 Å². The molecule has 0 bridgehead atoms. The summed E-state index contributed by atoms with van der Waals surface area (Å²) in [5.74, 6) is 0.281. The Labute approximate surface area is 96.9 Å². The highest BCUT2D eigenvalue weighted by molar-refractivity contribution is 5.81. The minimum absolute atomic E-state index is 0.0861. The molecule has 3 nitrogen and oxygen atoms in total. The largest absolute Gasteiger partial charge is 0.381 e. The number of hydrogen-bond donors (Lipinski definition) is 1. The van der Waals surface area contributed by atoms with Crippen LogP contribution >= 0.6 is 0 Å². The van der Waals surface area contributed by atoms with Crippen LogP contribution in [0.1, 0.15) is 51.4 Å². The van der Waals surface area contributed by atoms with Crippen molar-refractivity contribution < 1.29 is 9.53 Å². The van der Waals surface area contributed by atoms with Crippen molar-refractivity contribution in [3.63, 3.8) is 0 Å². The molecular formula is C13H21NO2. The molecule has 2 heterocycles. The molecule has 0 radical (unpaired) electrons. The van der Waals surface area contributed by atoms with Crippen molar-refractivity contribution in [2.24, 2.45) is 5.41 Å². The maximum absolute atomic E-state index is 11.8. The maximum Gasteiger partial charge on any atom is 0.221 e. The Kier molecular flexibility index (Phi) is 2.46. The van der Waals surface area contributed by atoms with Gasteiger partial charge in [-0.25, -0.2) is 0 Å². The van der Waals surface area contributed by atoms with Crippen LogP contribution in [0.5, 0.6) is 0 Å². The summed E-state index contributed by atoms with van der Waals surface area (Å²) in [4.78, 5) is 11.8. The van der Waals surface area contributed by atoms with Gasteiger partial charge in [-0.3, -0.25) is 4.79 Å². The molecule has 3 fully saturated rings. The summed E-state index contributed by atoms with van der Waals surface area (Å²) in [6.07, 6.45) is 9.26. The van der Waals surface area contributed by atoms with Gasteiger partial charge in [0.05, 0.1) is 5.54 Å². The highest BCUT2D eigenvalue weighted by Crippen LogP contribution is 2.54. The molecule has 1 N–H and O–H groups in total. The topological polar surface area (TPSA) is 38.3 Å². The summed E-state index contributed by atoms with van der Waals surface area (Å²) in [7, 11) is 0. The van der Waals surface area contributed by atoms with Crippen LogP contribution in [0.4, 0.5) is 0 Å². The molecule has 2 spiro atoms. The van der Waals surface area contributed by atoms with Crippen LogP contribution in [-0.2, 0) is 9.53 Å². The average Bonchev–Trinajstić information content (AvgIpc) is 2.53. The first-order valence-corrected chi connectivity index (χ1v) is 6.65. The molecule has 2 aliphatic heterocycles. The highest BCUT2D eigenvalue weighted by atomic mass is 16.5. The van der Waals surface area contributed by atoms with Crippen molar-refractivity contribution in [3.8, 4) is 0 Å². The molecule has 0 unspecified atom stereocenters. The number of hydrogen-bond acceptors (Lipinski definition) is 2. The molecule has 0 aromatic carbocycles. The first kappa shape index (κ1) is 10.6. The van der Waals surface area contributed by atoms with Crippen LogP contribution in [-0.4, -0.2) is 24.7 Å². The second-order valence-corrected chi connectivity index (χ2v) is 5.76. The molecule has 2 saturated heterocycles. The molecule has 90 valence electrons. The lowest BCUT2D eigenvalue weighted by molar-refractivity contribution is -0.120. The van der Waals surface area contributed by atoms with E-state index in [1.54, 1.807) is 0 Å². The van der Waals surface area contributed by atoms with Gasteiger partial charge in [-0.15, -0.1) is 0 Å². The average molecular weight is 223 g/mol. The van der Waals surface area contributed by atoms with Gasteiger partial charge in [-0.2, -0.15) is 0 Å². The molecule has 0 aromatic rings. The minimum Gasteiger partial charge on any atom is -0.381 e. The van der Waals surface area contributed by atoms with E-state index in [2.05, 4.69) is 5.32 Å². The van der Waals surface area contributed by atoms with Crippen LogP contribution in [0.3, 0.4) is 0 Å². The summed E-state index contributed by atoms with van der Waals surface area (Å²) in [6, 6.07) is 0. The first-order valence-electron chi connectivity index (χ1n) is 6.65. The van der Waals surface area contributed by atoms with E-state index in [1.165, 1.54) is 32.1 Å². The van der Waals surface area contributed by atoms with Gasteiger partial charge in [-0.05, 0) is 25.7 Å². The van der Waals surface area contributed by atoms with Crippen LogP contribution in [0.15, 0.2) is 0 Å². The van der Waals surface area contributed by atoms with E-state index >= 15 is 0 Å². The van der Waals surface area contributed by atoms with Crippen LogP contribution in [0.25, 0.3) is 0 Å². The van der Waals surface area contributed by atoms with Gasteiger partial charge in [0.25, 0.3) is 0 Å². The van der Waals surface area contributed by atoms with E-state index in [4.69, 9.17) is 4.74 Å². The van der Waals surface area contributed by atoms with E-state index in [1.807, 2.05) is 0 Å². The normalized spacial score (nSPS) is 31.9. The van der Waals surface area contributed by atoms with E-state index in [0.29, 0.717) is 0 Å². The summed E-state index contributed by atoms with van der Waals surface area (Å²) < 4.78 is 5.47. The molecule has 1 amide bonds. The monoisotopic (exact) mass is 223 g/mol. The van der Waals surface area contributed by atoms with Crippen molar-refractivity contribution in [1.29, 1.82) is 0 Å². The number of rotatable bonds is 0. The second-order valence-electron chi connectivity index (χ2n) is 5.76. The quantitative estimate of drug-likeness (QED) is 0.682. The highest BCUT2D eigenvalue weighted by Gasteiger charge is 2.57. The Morgan fingerprint density at radius 2 is 1.69 bits per heavy atom. The van der Waals surface area contributed by atoms with E-state index in [9.17, 15) is 4.79 Å². The number of fused-ring (bicyclic) bond motifs is 1. The third kappa shape index (κ3) is 1.41. The van der Waals surface area contributed by atoms with Crippen molar-refractivity contribution in [3.05, 3.63) is 0 Å². The van der Waals surface area contributed by atoms with E-state index in [0.717, 1.165) is 32.5 Å². The van der Waals surface area contributed by atoms with Gasteiger partial charge in [0.15, 0.2) is 0 Å². The summed E-state index contributed by atoms with van der Waals surface area (Å²) >= 11 is 0. The van der Waals surface area contributed by atoms with E-state index in [-0.39, 0.29) is 16.9 Å². The Balaban J connectivity index is 1.91. The zero-order valence-corrected chi connectivity index (χ0v) is 9.89. The summed E-state index contributed by atoms with van der Waals surface area (Å²) in [6.45, 7) is 1.64. The third-order valence-electron chi connectivity index (χ3n) is 5.05. The zero-order chi connectivity index (χ0) is 11.1. The predicted molar refractivity (Wildman–Crippen MR) is 61.1 cm³/mol. The molecule has 16 heavy (non-hydrogen) atoms. The van der Waals surface area contributed by atoms with Gasteiger partial charge in [0.2, 0.25) is 5.91 Å². The van der Waals surface area contributed by atoms with Crippen molar-refractivity contribution in [2.45, 2.75) is 56.9 Å². The first-order chi connectivity index (χ1) is 7.77. The number of amides is 1. The molecule has 1 aliphatic carbocycles. The SMILES string of the molecule is O=C1CC2(CCCCC2)C2(CCOCC2)N1. The lowest BCUT2D eigenvalue weighted by Crippen LogP contribution is -2.56. The molecule has 0 atom stereocenters. The second kappa shape index (κ2) is 3.73. The van der Waals surface area contributed by atoms with Crippen LogP contribution < -0.4 is 5.32 Å². The van der Waals surface area contributed by atoms with Crippen molar-refractivity contribution in [2.75, 3.05) is 13.2 Å². The molecular weight excluding hydrogens is 202 g/mol. The Bertz CT molecular complexity index is 260. The molecule has 3 aliphatic rings. The van der Waals surface area contributed by atoms with Gasteiger partial charge in [-0.1, -0.05) is 19.3 Å². The lowest BCUT2D eigenvalue weighted by atomic mass is 9.59. The Morgan fingerprint density at radius 3 is 2.38 bits per heavy atom. The maximum atomic E-state index is 11.8. The third-order valence-corrected chi connectivity index (χ3v) is 5.05. The molecule has 3 rings (SSSR count). The van der Waals surface area contributed by atoms with Crippen LogP contribution in [0, 0.1) is 5.41 Å². The van der Waals surface area contributed by atoms with Crippen molar-refractivity contribution in [1.82, 2.24) is 5.32 Å². The summed E-state index contributed by atoms with van der Waals surface area (Å²) in [5.41, 5.74) is 0.356. The number of ether oxygens (including phenoxy) is 1. The van der Waals surface area contributed by atoms with Crippen LogP contribution in [0.2, 0.25) is 0 Å². The number of carbonyl (C=O) groups is 1. The fraction of sp³-hybridized carbons (Fsp3) is 0.923. The molecule has 3 heteroatoms. The summed E-state index contributed by atoms with van der Waals surface area (Å²) in [5, 5.41) is 3.31. The van der Waals surface area contributed by atoms with E-state index < -0.39 is 0 Å². The van der Waals surface area contributed by atoms with Gasteiger partial charge in [0, 0.05) is 25.0 Å². The minimum atomic E-state index is 0.0861. The van der Waals surface area contributed by atoms with Gasteiger partial charge in [0.1, 0.15) is 0 Å². The zero-order valence-electron chi connectivity index (χ0n) is 9.89. The fourth-order valence-corrected chi connectivity index (χ4v) is 4.18. The smallest absolute Gasteiger partial charge is 0.221 e. The van der Waals surface area contributed by atoms with Gasteiger partial charge >= 0.3 is 0 Å². The fourth-order valence-electron chi connectivity index (χ4n) is 4.18. The number of carbonyl (C=O) groups excluding carboxylic acids is 1. The Hall–Kier alpha value is -0.570. The predicted octanol–water partition coefficient (Wildman–Crippen LogP) is 2.01. The number of nitrogens with one attached hydrogen (secondary N) is 1. The Morgan fingerprint density at radius 1 is 1.00 bits per heavy atom. The lowest BCUT2D eigenvalue weighted by Gasteiger charge is -2.49. The molecule has 0 aromatic heterocycles.